The SMILES string of the molecule is COc1ccc(NC(=O)CCC2CCCCN2)c(C)c1. The molecule has 1 saturated heterocycles. The van der Waals surface area contributed by atoms with Gasteiger partial charge in [0.15, 0.2) is 0 Å². The molecular formula is C16H24N2O2. The van der Waals surface area contributed by atoms with Gasteiger partial charge in [0.05, 0.1) is 7.11 Å². The molecule has 0 radical (unpaired) electrons. The van der Waals surface area contributed by atoms with Crippen LogP contribution in [0.15, 0.2) is 18.2 Å². The predicted octanol–water partition coefficient (Wildman–Crippen LogP) is 2.86. The second-order valence-corrected chi connectivity index (χ2v) is 5.41. The first-order valence-corrected chi connectivity index (χ1v) is 7.37. The van der Waals surface area contributed by atoms with Crippen LogP contribution in [0.3, 0.4) is 0 Å². The summed E-state index contributed by atoms with van der Waals surface area (Å²) in [7, 11) is 1.64. The van der Waals surface area contributed by atoms with E-state index in [9.17, 15) is 4.79 Å². The van der Waals surface area contributed by atoms with Crippen LogP contribution in [0.2, 0.25) is 0 Å². The predicted molar refractivity (Wildman–Crippen MR) is 81.2 cm³/mol. The number of hydrogen-bond acceptors (Lipinski definition) is 3. The third-order valence-electron chi connectivity index (χ3n) is 3.84. The van der Waals surface area contributed by atoms with E-state index in [2.05, 4.69) is 10.6 Å². The van der Waals surface area contributed by atoms with Crippen molar-refractivity contribution < 1.29 is 9.53 Å². The Morgan fingerprint density at radius 3 is 2.95 bits per heavy atom. The summed E-state index contributed by atoms with van der Waals surface area (Å²) in [5, 5.41) is 6.45. The van der Waals surface area contributed by atoms with Gasteiger partial charge < -0.3 is 15.4 Å². The van der Waals surface area contributed by atoms with Gasteiger partial charge in [0.1, 0.15) is 5.75 Å². The molecule has 1 fully saturated rings. The van der Waals surface area contributed by atoms with Gasteiger partial charge in [-0.3, -0.25) is 4.79 Å². The lowest BCUT2D eigenvalue weighted by atomic mass is 10.0. The summed E-state index contributed by atoms with van der Waals surface area (Å²) in [5.41, 5.74) is 1.89. The Morgan fingerprint density at radius 2 is 2.30 bits per heavy atom. The fourth-order valence-corrected chi connectivity index (χ4v) is 2.59. The van der Waals surface area contributed by atoms with Gasteiger partial charge in [0.2, 0.25) is 5.91 Å². The number of hydrogen-bond donors (Lipinski definition) is 2. The maximum Gasteiger partial charge on any atom is 0.224 e. The van der Waals surface area contributed by atoms with Crippen LogP contribution in [-0.4, -0.2) is 25.6 Å². The van der Waals surface area contributed by atoms with Gasteiger partial charge in [-0.1, -0.05) is 6.42 Å². The highest BCUT2D eigenvalue weighted by Crippen LogP contribution is 2.21. The Hall–Kier alpha value is -1.55. The van der Waals surface area contributed by atoms with Crippen molar-refractivity contribution >= 4 is 11.6 Å². The van der Waals surface area contributed by atoms with E-state index in [0.29, 0.717) is 12.5 Å². The normalized spacial score (nSPS) is 18.6. The minimum atomic E-state index is 0.0886. The first-order valence-electron chi connectivity index (χ1n) is 7.37. The van der Waals surface area contributed by atoms with Crippen molar-refractivity contribution in [3.05, 3.63) is 23.8 Å². The maximum atomic E-state index is 12.0. The summed E-state index contributed by atoms with van der Waals surface area (Å²) < 4.78 is 5.16. The smallest absolute Gasteiger partial charge is 0.224 e. The number of rotatable bonds is 5. The van der Waals surface area contributed by atoms with Gasteiger partial charge in [-0.25, -0.2) is 0 Å². The molecule has 4 nitrogen and oxygen atoms in total. The van der Waals surface area contributed by atoms with Gasteiger partial charge >= 0.3 is 0 Å². The topological polar surface area (TPSA) is 50.4 Å². The van der Waals surface area contributed by atoms with E-state index >= 15 is 0 Å². The van der Waals surface area contributed by atoms with Gasteiger partial charge in [0, 0.05) is 18.2 Å². The van der Waals surface area contributed by atoms with E-state index in [1.807, 2.05) is 25.1 Å². The number of ether oxygens (including phenoxy) is 1. The van der Waals surface area contributed by atoms with Crippen LogP contribution in [0.1, 0.15) is 37.7 Å². The van der Waals surface area contributed by atoms with Crippen LogP contribution in [-0.2, 0) is 4.79 Å². The summed E-state index contributed by atoms with van der Waals surface area (Å²) in [6.07, 6.45) is 5.21. The molecule has 0 aliphatic carbocycles. The van der Waals surface area contributed by atoms with Gasteiger partial charge in [-0.2, -0.15) is 0 Å². The van der Waals surface area contributed by atoms with Gasteiger partial charge in [-0.15, -0.1) is 0 Å². The van der Waals surface area contributed by atoms with Crippen molar-refractivity contribution in [3.63, 3.8) is 0 Å². The lowest BCUT2D eigenvalue weighted by molar-refractivity contribution is -0.116. The van der Waals surface area contributed by atoms with Crippen LogP contribution in [0, 0.1) is 6.92 Å². The minimum absolute atomic E-state index is 0.0886. The van der Waals surface area contributed by atoms with Crippen LogP contribution >= 0.6 is 0 Å². The Kier molecular flexibility index (Phi) is 5.41. The summed E-state index contributed by atoms with van der Waals surface area (Å²) >= 11 is 0. The number of carbonyl (C=O) groups is 1. The number of carbonyl (C=O) groups excluding carboxylic acids is 1. The zero-order valence-corrected chi connectivity index (χ0v) is 12.4. The van der Waals surface area contributed by atoms with Crippen LogP contribution in [0.5, 0.6) is 5.75 Å². The largest absolute Gasteiger partial charge is 0.497 e. The van der Waals surface area contributed by atoms with Crippen molar-refractivity contribution in [2.75, 3.05) is 19.0 Å². The highest BCUT2D eigenvalue weighted by atomic mass is 16.5. The van der Waals surface area contributed by atoms with Gasteiger partial charge in [0.25, 0.3) is 0 Å². The molecule has 1 unspecified atom stereocenters. The fourth-order valence-electron chi connectivity index (χ4n) is 2.59. The molecule has 2 N–H and O–H groups in total. The molecular weight excluding hydrogens is 252 g/mol. The second-order valence-electron chi connectivity index (χ2n) is 5.41. The molecule has 0 bridgehead atoms. The average molecular weight is 276 g/mol. The Morgan fingerprint density at radius 1 is 1.45 bits per heavy atom. The monoisotopic (exact) mass is 276 g/mol. The van der Waals surface area contributed by atoms with Crippen molar-refractivity contribution in [1.82, 2.24) is 5.32 Å². The number of aryl methyl sites for hydroxylation is 1. The second kappa shape index (κ2) is 7.29. The first kappa shape index (κ1) is 14.9. The van der Waals surface area contributed by atoms with Crippen molar-refractivity contribution in [2.24, 2.45) is 0 Å². The first-order chi connectivity index (χ1) is 9.69. The number of methoxy groups -OCH3 is 1. The van der Waals surface area contributed by atoms with Crippen molar-refractivity contribution in [1.29, 1.82) is 0 Å². The molecule has 2 rings (SSSR count). The van der Waals surface area contributed by atoms with E-state index in [1.165, 1.54) is 19.3 Å². The molecule has 0 saturated carbocycles. The lowest BCUT2D eigenvalue weighted by Crippen LogP contribution is -2.34. The molecule has 0 aromatic heterocycles. The molecule has 1 atom stereocenters. The Bertz CT molecular complexity index is 454. The number of benzene rings is 1. The third-order valence-corrected chi connectivity index (χ3v) is 3.84. The molecule has 1 amide bonds. The molecule has 1 aromatic carbocycles. The number of anilines is 1. The van der Waals surface area contributed by atoms with E-state index in [1.54, 1.807) is 7.11 Å². The number of piperidine rings is 1. The maximum absolute atomic E-state index is 12.0. The van der Waals surface area contributed by atoms with E-state index in [-0.39, 0.29) is 5.91 Å². The van der Waals surface area contributed by atoms with E-state index < -0.39 is 0 Å². The van der Waals surface area contributed by atoms with E-state index in [4.69, 9.17) is 4.74 Å². The van der Waals surface area contributed by atoms with Crippen molar-refractivity contribution in [2.45, 2.75) is 45.1 Å². The molecule has 1 aromatic rings. The van der Waals surface area contributed by atoms with E-state index in [0.717, 1.165) is 30.0 Å². The molecule has 1 aliphatic heterocycles. The summed E-state index contributed by atoms with van der Waals surface area (Å²) in [6, 6.07) is 6.20. The van der Waals surface area contributed by atoms with Crippen LogP contribution < -0.4 is 15.4 Å². The molecule has 1 aliphatic rings. The molecule has 20 heavy (non-hydrogen) atoms. The van der Waals surface area contributed by atoms with Crippen LogP contribution in [0.25, 0.3) is 0 Å². The number of nitrogens with one attached hydrogen (secondary N) is 2. The summed E-state index contributed by atoms with van der Waals surface area (Å²) in [6.45, 7) is 3.06. The number of amides is 1. The van der Waals surface area contributed by atoms with Gasteiger partial charge in [-0.05, 0) is 56.5 Å². The highest BCUT2D eigenvalue weighted by Gasteiger charge is 2.14. The zero-order valence-electron chi connectivity index (χ0n) is 12.4. The molecule has 4 heteroatoms. The van der Waals surface area contributed by atoms with Crippen molar-refractivity contribution in [3.8, 4) is 5.75 Å². The fraction of sp³-hybridized carbons (Fsp3) is 0.562. The van der Waals surface area contributed by atoms with Crippen LogP contribution in [0.4, 0.5) is 5.69 Å². The quantitative estimate of drug-likeness (QED) is 0.869. The molecule has 1 heterocycles. The zero-order chi connectivity index (χ0) is 14.4. The minimum Gasteiger partial charge on any atom is -0.497 e. The third kappa shape index (κ3) is 4.23. The Balaban J connectivity index is 1.81. The molecule has 110 valence electrons. The molecule has 0 spiro atoms. The lowest BCUT2D eigenvalue weighted by Gasteiger charge is -2.23. The Labute approximate surface area is 120 Å². The summed E-state index contributed by atoms with van der Waals surface area (Å²) in [4.78, 5) is 12.0. The summed E-state index contributed by atoms with van der Waals surface area (Å²) in [5.74, 6) is 0.901. The standard InChI is InChI=1S/C16H24N2O2/c1-12-11-14(20-2)7-8-15(12)18-16(19)9-6-13-5-3-4-10-17-13/h7-8,11,13,17H,3-6,9-10H2,1-2H3,(H,18,19). The average Bonchev–Trinajstić information content (AvgIpc) is 2.48. The highest BCUT2D eigenvalue weighted by molar-refractivity contribution is 5.91.